The van der Waals surface area contributed by atoms with Gasteiger partial charge in [0.2, 0.25) is 5.91 Å². The highest BCUT2D eigenvalue weighted by Gasteiger charge is 2.21. The third-order valence-electron chi connectivity index (χ3n) is 6.04. The molecule has 8 heteroatoms. The Morgan fingerprint density at radius 3 is 2.41 bits per heavy atom. The molecule has 0 bridgehead atoms. The first kappa shape index (κ1) is 21.7. The van der Waals surface area contributed by atoms with E-state index in [1.165, 1.54) is 0 Å². The van der Waals surface area contributed by atoms with Crippen LogP contribution in [0.2, 0.25) is 0 Å². The van der Waals surface area contributed by atoms with E-state index in [2.05, 4.69) is 15.2 Å². The van der Waals surface area contributed by atoms with Gasteiger partial charge < -0.3 is 24.6 Å². The van der Waals surface area contributed by atoms with Gasteiger partial charge >= 0.3 is 6.03 Å². The van der Waals surface area contributed by atoms with E-state index < -0.39 is 0 Å². The number of pyridine rings is 1. The van der Waals surface area contributed by atoms with Crippen molar-refractivity contribution in [2.24, 2.45) is 0 Å². The van der Waals surface area contributed by atoms with Gasteiger partial charge in [-0.25, -0.2) is 4.79 Å². The molecule has 0 radical (unpaired) electrons. The van der Waals surface area contributed by atoms with E-state index in [-0.39, 0.29) is 11.9 Å². The lowest BCUT2D eigenvalue weighted by Crippen LogP contribution is -2.50. The molecule has 168 valence electrons. The van der Waals surface area contributed by atoms with Crippen LogP contribution in [0.4, 0.5) is 16.2 Å². The number of piperazine rings is 1. The number of benzene rings is 1. The Bertz CT molecular complexity index is 1070. The lowest BCUT2D eigenvalue weighted by molar-refractivity contribution is -0.131. The van der Waals surface area contributed by atoms with E-state index in [4.69, 9.17) is 0 Å². The summed E-state index contributed by atoms with van der Waals surface area (Å²) >= 11 is 0. The average molecular weight is 435 g/mol. The number of nitrogens with one attached hydrogen (secondary N) is 1. The van der Waals surface area contributed by atoms with Crippen LogP contribution in [0.5, 0.6) is 0 Å². The molecule has 0 atom stereocenters. The molecular formula is C24H30N6O2. The van der Waals surface area contributed by atoms with Gasteiger partial charge in [-0.1, -0.05) is 0 Å². The van der Waals surface area contributed by atoms with Gasteiger partial charge in [-0.2, -0.15) is 0 Å². The summed E-state index contributed by atoms with van der Waals surface area (Å²) in [5, 5.41) is 4.02. The first-order valence-electron chi connectivity index (χ1n) is 11.2. The third-order valence-corrected chi connectivity index (χ3v) is 6.04. The number of urea groups is 1. The fourth-order valence-corrected chi connectivity index (χ4v) is 4.16. The fourth-order valence-electron chi connectivity index (χ4n) is 4.16. The first-order valence-corrected chi connectivity index (χ1v) is 11.2. The molecule has 1 aliphatic heterocycles. The molecule has 0 aliphatic carbocycles. The van der Waals surface area contributed by atoms with Gasteiger partial charge in [-0.05, 0) is 50.2 Å². The molecule has 8 nitrogen and oxygen atoms in total. The van der Waals surface area contributed by atoms with Gasteiger partial charge in [0.15, 0.2) is 0 Å². The minimum absolute atomic E-state index is 0.0881. The minimum Gasteiger partial charge on any atom is -0.368 e. The van der Waals surface area contributed by atoms with Crippen molar-refractivity contribution in [1.29, 1.82) is 0 Å². The van der Waals surface area contributed by atoms with Crippen molar-refractivity contribution in [3.05, 3.63) is 55.0 Å². The SMILES string of the molecule is CCN(CC)C(=O)Cn1ccc2cc(NC(=O)N3CCN(c4ccncc4)CC3)ccc21. The minimum atomic E-state index is -0.0881. The third kappa shape index (κ3) is 4.69. The van der Waals surface area contributed by atoms with Crippen LogP contribution in [0.3, 0.4) is 0 Å². The number of hydrogen-bond donors (Lipinski definition) is 1. The average Bonchev–Trinajstić information content (AvgIpc) is 3.22. The number of amides is 3. The maximum absolute atomic E-state index is 12.8. The van der Waals surface area contributed by atoms with Crippen LogP contribution in [-0.4, -0.2) is 70.6 Å². The van der Waals surface area contributed by atoms with Crippen LogP contribution in [0, 0.1) is 0 Å². The van der Waals surface area contributed by atoms with Crippen molar-refractivity contribution in [1.82, 2.24) is 19.4 Å². The van der Waals surface area contributed by atoms with E-state index in [1.54, 1.807) is 12.4 Å². The number of hydrogen-bond acceptors (Lipinski definition) is 4. The van der Waals surface area contributed by atoms with Crippen LogP contribution in [0.1, 0.15) is 13.8 Å². The topological polar surface area (TPSA) is 73.7 Å². The Kier molecular flexibility index (Phi) is 6.58. The normalized spacial score (nSPS) is 13.9. The molecule has 0 saturated carbocycles. The summed E-state index contributed by atoms with van der Waals surface area (Å²) in [6.07, 6.45) is 5.50. The second kappa shape index (κ2) is 9.72. The van der Waals surface area contributed by atoms with Crippen molar-refractivity contribution in [2.45, 2.75) is 20.4 Å². The van der Waals surface area contributed by atoms with Crippen LogP contribution in [0.15, 0.2) is 55.0 Å². The Morgan fingerprint density at radius 1 is 1.00 bits per heavy atom. The Balaban J connectivity index is 1.36. The number of aromatic nitrogens is 2. The molecule has 2 aromatic heterocycles. The molecule has 1 N–H and O–H groups in total. The summed E-state index contributed by atoms with van der Waals surface area (Å²) in [5.41, 5.74) is 2.87. The van der Waals surface area contributed by atoms with E-state index in [0.717, 1.165) is 35.4 Å². The van der Waals surface area contributed by atoms with Crippen molar-refractivity contribution in [2.75, 3.05) is 49.5 Å². The summed E-state index contributed by atoms with van der Waals surface area (Å²) in [6, 6.07) is 11.7. The standard InChI is InChI=1S/C24H30N6O2/c1-3-27(4-2)23(31)18-30-12-9-19-17-20(5-6-22(19)30)26-24(32)29-15-13-28(14-16-29)21-7-10-25-11-8-21/h5-12,17H,3-4,13-16,18H2,1-2H3,(H,26,32). The monoisotopic (exact) mass is 434 g/mol. The molecule has 3 aromatic rings. The number of fused-ring (bicyclic) bond motifs is 1. The zero-order chi connectivity index (χ0) is 22.5. The molecular weight excluding hydrogens is 404 g/mol. The van der Waals surface area contributed by atoms with Crippen molar-refractivity contribution < 1.29 is 9.59 Å². The molecule has 3 amide bonds. The number of rotatable bonds is 6. The molecule has 1 saturated heterocycles. The molecule has 0 spiro atoms. The summed E-state index contributed by atoms with van der Waals surface area (Å²) in [6.45, 7) is 8.63. The molecule has 1 aliphatic rings. The maximum atomic E-state index is 12.8. The molecule has 4 rings (SSSR count). The zero-order valence-electron chi connectivity index (χ0n) is 18.7. The lowest BCUT2D eigenvalue weighted by atomic mass is 10.2. The highest BCUT2D eigenvalue weighted by atomic mass is 16.2. The molecule has 32 heavy (non-hydrogen) atoms. The smallest absolute Gasteiger partial charge is 0.321 e. The largest absolute Gasteiger partial charge is 0.368 e. The van der Waals surface area contributed by atoms with Crippen molar-refractivity contribution >= 4 is 34.2 Å². The summed E-state index contributed by atoms with van der Waals surface area (Å²) in [7, 11) is 0. The summed E-state index contributed by atoms with van der Waals surface area (Å²) < 4.78 is 1.96. The number of nitrogens with zero attached hydrogens (tertiary/aromatic N) is 5. The predicted octanol–water partition coefficient (Wildman–Crippen LogP) is 3.26. The van der Waals surface area contributed by atoms with Gasteiger partial charge in [0, 0.05) is 80.1 Å². The Labute approximate surface area is 188 Å². The maximum Gasteiger partial charge on any atom is 0.321 e. The van der Waals surface area contributed by atoms with Crippen LogP contribution in [-0.2, 0) is 11.3 Å². The van der Waals surface area contributed by atoms with Gasteiger partial charge in [0.25, 0.3) is 0 Å². The predicted molar refractivity (Wildman–Crippen MR) is 127 cm³/mol. The van der Waals surface area contributed by atoms with Crippen molar-refractivity contribution in [3.8, 4) is 0 Å². The van der Waals surface area contributed by atoms with E-state index in [1.807, 2.05) is 70.8 Å². The van der Waals surface area contributed by atoms with Crippen molar-refractivity contribution in [3.63, 3.8) is 0 Å². The van der Waals surface area contributed by atoms with Crippen LogP contribution < -0.4 is 10.2 Å². The van der Waals surface area contributed by atoms with Gasteiger partial charge in [0.05, 0.1) is 0 Å². The van der Waals surface area contributed by atoms with Gasteiger partial charge in [0.1, 0.15) is 6.54 Å². The molecule has 1 fully saturated rings. The van der Waals surface area contributed by atoms with Crippen LogP contribution in [0.25, 0.3) is 10.9 Å². The number of anilines is 2. The van der Waals surface area contributed by atoms with E-state index >= 15 is 0 Å². The lowest BCUT2D eigenvalue weighted by Gasteiger charge is -2.36. The number of likely N-dealkylation sites (N-methyl/N-ethyl adjacent to an activating group) is 1. The highest BCUT2D eigenvalue weighted by molar-refractivity contribution is 5.93. The zero-order valence-corrected chi connectivity index (χ0v) is 18.7. The summed E-state index contributed by atoms with van der Waals surface area (Å²) in [5.74, 6) is 0.107. The summed E-state index contributed by atoms with van der Waals surface area (Å²) in [4.78, 5) is 35.2. The number of carbonyl (C=O) groups is 2. The van der Waals surface area contributed by atoms with Crippen LogP contribution >= 0.6 is 0 Å². The second-order valence-corrected chi connectivity index (χ2v) is 7.89. The number of carbonyl (C=O) groups excluding carboxylic acids is 2. The Morgan fingerprint density at radius 2 is 1.72 bits per heavy atom. The van der Waals surface area contributed by atoms with Gasteiger partial charge in [-0.3, -0.25) is 9.78 Å². The van der Waals surface area contributed by atoms with Gasteiger partial charge in [-0.15, -0.1) is 0 Å². The van der Waals surface area contributed by atoms with E-state index in [9.17, 15) is 9.59 Å². The first-order chi connectivity index (χ1) is 15.6. The molecule has 1 aromatic carbocycles. The highest BCUT2D eigenvalue weighted by Crippen LogP contribution is 2.22. The Hall–Kier alpha value is -3.55. The molecule has 3 heterocycles. The van der Waals surface area contributed by atoms with E-state index in [0.29, 0.717) is 32.7 Å². The molecule has 0 unspecified atom stereocenters. The quantitative estimate of drug-likeness (QED) is 0.646. The second-order valence-electron chi connectivity index (χ2n) is 7.89. The fraction of sp³-hybridized carbons (Fsp3) is 0.375.